The van der Waals surface area contributed by atoms with Crippen LogP contribution in [-0.4, -0.2) is 12.6 Å². The minimum atomic E-state index is 0.109. The number of hydrogen-bond acceptors (Lipinski definition) is 2. The Kier molecular flexibility index (Phi) is 5.19. The van der Waals surface area contributed by atoms with Crippen LogP contribution in [-0.2, 0) is 12.8 Å². The predicted octanol–water partition coefficient (Wildman–Crippen LogP) is 3.51. The molecule has 0 radical (unpaired) electrons. The Labute approximate surface area is 121 Å². The molecule has 2 nitrogen and oxygen atoms in total. The normalized spacial score (nSPS) is 12.2. The summed E-state index contributed by atoms with van der Waals surface area (Å²) in [6.45, 7) is 4.82. The third-order valence-electron chi connectivity index (χ3n) is 3.50. The second-order valence-corrected chi connectivity index (χ2v) is 5.14. The van der Waals surface area contributed by atoms with Gasteiger partial charge in [0.15, 0.2) is 0 Å². The van der Waals surface area contributed by atoms with Crippen LogP contribution in [0, 0.1) is 6.92 Å². The van der Waals surface area contributed by atoms with Gasteiger partial charge >= 0.3 is 0 Å². The maximum absolute atomic E-state index is 6.32. The van der Waals surface area contributed by atoms with E-state index in [1.807, 2.05) is 25.1 Å². The van der Waals surface area contributed by atoms with Crippen molar-refractivity contribution in [1.82, 2.24) is 0 Å². The molecule has 0 fully saturated rings. The van der Waals surface area contributed by atoms with E-state index in [1.165, 1.54) is 16.7 Å². The Morgan fingerprint density at radius 1 is 0.950 bits per heavy atom. The first-order chi connectivity index (χ1) is 9.70. The van der Waals surface area contributed by atoms with E-state index in [2.05, 4.69) is 37.3 Å². The van der Waals surface area contributed by atoms with Crippen molar-refractivity contribution < 1.29 is 4.74 Å². The Bertz CT molecular complexity index is 551. The first-order valence-electron chi connectivity index (χ1n) is 7.21. The van der Waals surface area contributed by atoms with Crippen molar-refractivity contribution in [2.45, 2.75) is 32.7 Å². The van der Waals surface area contributed by atoms with Crippen LogP contribution >= 0.6 is 0 Å². The third kappa shape index (κ3) is 3.84. The van der Waals surface area contributed by atoms with Crippen LogP contribution in [0.3, 0.4) is 0 Å². The molecule has 0 aliphatic heterocycles. The van der Waals surface area contributed by atoms with Gasteiger partial charge in [-0.3, -0.25) is 0 Å². The number of hydrogen-bond donors (Lipinski definition) is 1. The summed E-state index contributed by atoms with van der Waals surface area (Å²) >= 11 is 0. The lowest BCUT2D eigenvalue weighted by Crippen LogP contribution is -2.26. The molecule has 0 saturated heterocycles. The number of aryl methyl sites for hydroxylation is 1. The average Bonchev–Trinajstić information content (AvgIpc) is 2.44. The van der Waals surface area contributed by atoms with E-state index in [9.17, 15) is 0 Å². The Hall–Kier alpha value is -1.80. The van der Waals surface area contributed by atoms with Gasteiger partial charge in [0.1, 0.15) is 5.75 Å². The minimum Gasteiger partial charge on any atom is -0.494 e. The molecule has 106 valence electrons. The number of benzene rings is 2. The van der Waals surface area contributed by atoms with Gasteiger partial charge in [-0.1, -0.05) is 42.5 Å². The molecular formula is C18H23NO. The van der Waals surface area contributed by atoms with E-state index in [0.29, 0.717) is 6.61 Å². The van der Waals surface area contributed by atoms with Crippen molar-refractivity contribution in [1.29, 1.82) is 0 Å². The highest BCUT2D eigenvalue weighted by Gasteiger charge is 2.10. The SMILES string of the molecule is CCOc1ccccc1CC(N)Cc1ccccc1C. The molecule has 2 rings (SSSR count). The van der Waals surface area contributed by atoms with Gasteiger partial charge in [-0.25, -0.2) is 0 Å². The van der Waals surface area contributed by atoms with Gasteiger partial charge in [-0.15, -0.1) is 0 Å². The molecule has 1 atom stereocenters. The lowest BCUT2D eigenvalue weighted by Gasteiger charge is -2.16. The van der Waals surface area contributed by atoms with E-state index in [4.69, 9.17) is 10.5 Å². The molecule has 2 N–H and O–H groups in total. The average molecular weight is 269 g/mol. The second kappa shape index (κ2) is 7.11. The van der Waals surface area contributed by atoms with E-state index in [0.717, 1.165) is 18.6 Å². The Morgan fingerprint density at radius 2 is 1.55 bits per heavy atom. The van der Waals surface area contributed by atoms with Gasteiger partial charge in [-0.05, 0) is 49.4 Å². The van der Waals surface area contributed by atoms with Crippen molar-refractivity contribution in [3.05, 3.63) is 65.2 Å². The molecule has 0 aromatic heterocycles. The van der Waals surface area contributed by atoms with Gasteiger partial charge in [0.05, 0.1) is 6.61 Å². The smallest absolute Gasteiger partial charge is 0.122 e. The zero-order chi connectivity index (χ0) is 14.4. The minimum absolute atomic E-state index is 0.109. The molecule has 2 aromatic rings. The molecule has 0 saturated carbocycles. The molecule has 0 heterocycles. The molecule has 1 unspecified atom stereocenters. The summed E-state index contributed by atoms with van der Waals surface area (Å²) in [5.41, 5.74) is 10.1. The maximum Gasteiger partial charge on any atom is 0.122 e. The summed E-state index contributed by atoms with van der Waals surface area (Å²) in [6, 6.07) is 16.7. The zero-order valence-electron chi connectivity index (χ0n) is 12.3. The topological polar surface area (TPSA) is 35.2 Å². The molecule has 0 spiro atoms. The van der Waals surface area contributed by atoms with Crippen LogP contribution in [0.15, 0.2) is 48.5 Å². The highest BCUT2D eigenvalue weighted by atomic mass is 16.5. The lowest BCUT2D eigenvalue weighted by atomic mass is 9.96. The molecule has 0 bridgehead atoms. The molecule has 0 amide bonds. The van der Waals surface area contributed by atoms with Crippen molar-refractivity contribution >= 4 is 0 Å². The fourth-order valence-electron chi connectivity index (χ4n) is 2.45. The standard InChI is InChI=1S/C18H23NO/c1-3-20-18-11-7-6-10-16(18)13-17(19)12-15-9-5-4-8-14(15)2/h4-11,17H,3,12-13,19H2,1-2H3. The van der Waals surface area contributed by atoms with Crippen molar-refractivity contribution in [2.24, 2.45) is 5.73 Å². The summed E-state index contributed by atoms with van der Waals surface area (Å²) in [5.74, 6) is 0.954. The van der Waals surface area contributed by atoms with E-state index in [-0.39, 0.29) is 6.04 Å². The summed E-state index contributed by atoms with van der Waals surface area (Å²) in [7, 11) is 0. The summed E-state index contributed by atoms with van der Waals surface area (Å²) in [4.78, 5) is 0. The van der Waals surface area contributed by atoms with E-state index >= 15 is 0 Å². The van der Waals surface area contributed by atoms with Gasteiger partial charge in [0, 0.05) is 6.04 Å². The third-order valence-corrected chi connectivity index (χ3v) is 3.50. The van der Waals surface area contributed by atoms with Crippen LogP contribution in [0.4, 0.5) is 0 Å². The quantitative estimate of drug-likeness (QED) is 0.871. The largest absolute Gasteiger partial charge is 0.494 e. The summed E-state index contributed by atoms with van der Waals surface area (Å²) < 4.78 is 5.66. The fourth-order valence-corrected chi connectivity index (χ4v) is 2.45. The van der Waals surface area contributed by atoms with E-state index < -0.39 is 0 Å². The number of ether oxygens (including phenoxy) is 1. The van der Waals surface area contributed by atoms with Crippen molar-refractivity contribution in [3.63, 3.8) is 0 Å². The second-order valence-electron chi connectivity index (χ2n) is 5.14. The highest BCUT2D eigenvalue weighted by Crippen LogP contribution is 2.20. The Balaban J connectivity index is 2.05. The first-order valence-corrected chi connectivity index (χ1v) is 7.21. The molecule has 0 aliphatic carbocycles. The number of rotatable bonds is 6. The monoisotopic (exact) mass is 269 g/mol. The van der Waals surface area contributed by atoms with Crippen LogP contribution in [0.2, 0.25) is 0 Å². The summed E-state index contributed by atoms with van der Waals surface area (Å²) in [6.07, 6.45) is 1.73. The van der Waals surface area contributed by atoms with Crippen LogP contribution in [0.1, 0.15) is 23.6 Å². The predicted molar refractivity (Wildman–Crippen MR) is 84.2 cm³/mol. The van der Waals surface area contributed by atoms with Gasteiger partial charge < -0.3 is 10.5 Å². The first kappa shape index (κ1) is 14.6. The lowest BCUT2D eigenvalue weighted by molar-refractivity contribution is 0.335. The molecular weight excluding hydrogens is 246 g/mol. The maximum atomic E-state index is 6.32. The van der Waals surface area contributed by atoms with Crippen LogP contribution in [0.25, 0.3) is 0 Å². The zero-order valence-corrected chi connectivity index (χ0v) is 12.3. The van der Waals surface area contributed by atoms with Crippen molar-refractivity contribution in [3.8, 4) is 5.75 Å². The molecule has 2 heteroatoms. The van der Waals surface area contributed by atoms with Gasteiger partial charge in [0.25, 0.3) is 0 Å². The van der Waals surface area contributed by atoms with E-state index in [1.54, 1.807) is 0 Å². The van der Waals surface area contributed by atoms with Crippen LogP contribution in [0.5, 0.6) is 5.75 Å². The molecule has 0 aliphatic rings. The summed E-state index contributed by atoms with van der Waals surface area (Å²) in [5, 5.41) is 0. The van der Waals surface area contributed by atoms with Gasteiger partial charge in [-0.2, -0.15) is 0 Å². The molecule has 2 aromatic carbocycles. The number of nitrogens with two attached hydrogens (primary N) is 1. The highest BCUT2D eigenvalue weighted by molar-refractivity contribution is 5.34. The Morgan fingerprint density at radius 3 is 2.25 bits per heavy atom. The number of para-hydroxylation sites is 1. The molecule has 20 heavy (non-hydrogen) atoms. The van der Waals surface area contributed by atoms with Crippen molar-refractivity contribution in [2.75, 3.05) is 6.61 Å². The van der Waals surface area contributed by atoms with Crippen LogP contribution < -0.4 is 10.5 Å². The fraction of sp³-hybridized carbons (Fsp3) is 0.333. The van der Waals surface area contributed by atoms with Gasteiger partial charge in [0.2, 0.25) is 0 Å².